The Bertz CT molecular complexity index is 1800. The van der Waals surface area contributed by atoms with Gasteiger partial charge < -0.3 is 30.6 Å². The molecule has 234 valence electrons. The van der Waals surface area contributed by atoms with Gasteiger partial charge in [-0.15, -0.1) is 11.3 Å². The second-order valence-corrected chi connectivity index (χ2v) is 11.1. The van der Waals surface area contributed by atoms with Gasteiger partial charge in [-0.3, -0.25) is 14.2 Å². The third-order valence-electron chi connectivity index (χ3n) is 6.26. The fourth-order valence-electron chi connectivity index (χ4n) is 4.29. The van der Waals surface area contributed by atoms with Crippen LogP contribution in [0.2, 0.25) is 0 Å². The minimum atomic E-state index is -1.12. The monoisotopic (exact) mass is 632 g/mol. The molecule has 0 aliphatic rings. The molecule has 2 aromatic carbocycles. The van der Waals surface area contributed by atoms with E-state index >= 15 is 0 Å². The molecule has 13 nitrogen and oxygen atoms in total. The maximum atomic E-state index is 12.8. The molecule has 1 atom stereocenters. The molecule has 0 saturated carbocycles. The quantitative estimate of drug-likeness (QED) is 0.137. The van der Waals surface area contributed by atoms with Crippen LogP contribution in [-0.4, -0.2) is 53.8 Å². The van der Waals surface area contributed by atoms with Gasteiger partial charge in [0.15, 0.2) is 0 Å². The summed E-state index contributed by atoms with van der Waals surface area (Å²) in [5.74, 6) is -0.727. The van der Waals surface area contributed by atoms with Gasteiger partial charge in [0, 0.05) is 30.1 Å². The first-order valence-electron chi connectivity index (χ1n) is 13.8. The van der Waals surface area contributed by atoms with Gasteiger partial charge in [0.2, 0.25) is 0 Å². The molecule has 0 fully saturated rings. The predicted octanol–water partition coefficient (Wildman–Crippen LogP) is 4.63. The van der Waals surface area contributed by atoms with Crippen molar-refractivity contribution in [1.29, 1.82) is 0 Å². The number of carbonyl (C=O) groups is 3. The van der Waals surface area contributed by atoms with Gasteiger partial charge in [-0.25, -0.2) is 14.6 Å². The molecule has 5 aromatic rings. The van der Waals surface area contributed by atoms with Gasteiger partial charge in [-0.2, -0.15) is 4.98 Å². The van der Waals surface area contributed by atoms with Crippen molar-refractivity contribution in [2.24, 2.45) is 0 Å². The third-order valence-corrected chi connectivity index (χ3v) is 7.36. The zero-order valence-corrected chi connectivity index (χ0v) is 25.3. The summed E-state index contributed by atoms with van der Waals surface area (Å²) in [4.78, 5) is 59.7. The Hall–Kier alpha value is -5.50. The number of nitrogens with zero attached hydrogens (tertiary/aromatic N) is 3. The summed E-state index contributed by atoms with van der Waals surface area (Å²) in [6, 6.07) is 20.1. The Kier molecular flexibility index (Phi) is 11.0. The molecule has 14 heteroatoms. The molecule has 0 radical (unpaired) electrons. The van der Waals surface area contributed by atoms with E-state index in [1.807, 2.05) is 66.7 Å². The van der Waals surface area contributed by atoms with Crippen molar-refractivity contribution in [2.75, 3.05) is 5.32 Å². The molecule has 0 spiro atoms. The van der Waals surface area contributed by atoms with E-state index in [0.717, 1.165) is 39.1 Å². The number of carboxylic acid groups (broad SMARTS) is 2. The summed E-state index contributed by atoms with van der Waals surface area (Å²) in [5.41, 5.74) is 2.80. The Balaban J connectivity index is 0.00000109. The number of anilines is 1. The van der Waals surface area contributed by atoms with Gasteiger partial charge in [-0.1, -0.05) is 42.5 Å². The van der Waals surface area contributed by atoms with Crippen LogP contribution in [0.3, 0.4) is 0 Å². The van der Waals surface area contributed by atoms with Crippen molar-refractivity contribution in [3.8, 4) is 10.7 Å². The number of para-hydroxylation sites is 2. The van der Waals surface area contributed by atoms with E-state index in [9.17, 15) is 19.5 Å². The zero-order valence-electron chi connectivity index (χ0n) is 24.5. The zero-order chi connectivity index (χ0) is 32.3. The minimum absolute atomic E-state index is 0.0391. The Labute approximate surface area is 261 Å². The summed E-state index contributed by atoms with van der Waals surface area (Å²) in [7, 11) is 0. The SMILES string of the molecule is CC(=O)O.Cc1cn(CC(CC(=O)O)NC(=O)OCc2ccccc2)c(=O)nc1NCc1ccc(-c2nc3ccccc3[nH]2)s1. The first-order valence-corrected chi connectivity index (χ1v) is 14.6. The largest absolute Gasteiger partial charge is 0.481 e. The molecule has 1 unspecified atom stereocenters. The highest BCUT2D eigenvalue weighted by atomic mass is 32.1. The van der Waals surface area contributed by atoms with Crippen LogP contribution in [0.25, 0.3) is 21.7 Å². The fraction of sp³-hybridized carbons (Fsp3) is 0.226. The summed E-state index contributed by atoms with van der Waals surface area (Å²) in [6.45, 7) is 3.30. The van der Waals surface area contributed by atoms with Crippen molar-refractivity contribution in [3.63, 3.8) is 0 Å². The standard InChI is InChI=1S/C29H28N6O5S.C2H4O2/c1-18-15-35(16-20(13-25(36)37)31-29(39)40-17-19-7-3-2-4-8-19)28(38)34-26(18)30-14-21-11-12-24(41-21)27-32-22-9-5-6-10-23(22)33-27;1-2(3)4/h2-12,15,20H,13-14,16-17H2,1H3,(H,31,39)(H,32,33)(H,36,37)(H,30,34,38);1H3,(H,3,4). The number of hydrogen-bond acceptors (Lipinski definition) is 9. The summed E-state index contributed by atoms with van der Waals surface area (Å²) in [6.07, 6.45) is 0.435. The van der Waals surface area contributed by atoms with Gasteiger partial charge in [0.25, 0.3) is 5.97 Å². The van der Waals surface area contributed by atoms with E-state index in [2.05, 4.69) is 25.6 Å². The van der Waals surface area contributed by atoms with Crippen molar-refractivity contribution < 1.29 is 29.3 Å². The first-order chi connectivity index (χ1) is 21.6. The normalized spacial score (nSPS) is 11.2. The second kappa shape index (κ2) is 15.3. The topological polar surface area (TPSA) is 189 Å². The number of imidazole rings is 1. The van der Waals surface area contributed by atoms with Crippen molar-refractivity contribution in [3.05, 3.63) is 99.4 Å². The first kappa shape index (κ1) is 32.4. The maximum Gasteiger partial charge on any atom is 0.407 e. The van der Waals surface area contributed by atoms with Crippen molar-refractivity contribution >= 4 is 46.2 Å². The molecule has 3 heterocycles. The molecule has 5 N–H and O–H groups in total. The van der Waals surface area contributed by atoms with Gasteiger partial charge in [-0.05, 0) is 36.8 Å². The molecule has 1 amide bonds. The number of carboxylic acids is 2. The number of aromatic amines is 1. The molecule has 0 aliphatic carbocycles. The Morgan fingerprint density at radius 3 is 2.44 bits per heavy atom. The van der Waals surface area contributed by atoms with Gasteiger partial charge in [0.05, 0.1) is 34.9 Å². The molecule has 0 aliphatic heterocycles. The number of alkyl carbamates (subject to hydrolysis) is 1. The van der Waals surface area contributed by atoms with Crippen LogP contribution in [0, 0.1) is 6.92 Å². The number of fused-ring (bicyclic) bond motifs is 1. The summed E-state index contributed by atoms with van der Waals surface area (Å²) in [5, 5.41) is 22.5. The van der Waals surface area contributed by atoms with E-state index < -0.39 is 36.2 Å². The van der Waals surface area contributed by atoms with E-state index in [-0.39, 0.29) is 13.2 Å². The number of rotatable bonds is 11. The number of aromatic nitrogens is 4. The Morgan fingerprint density at radius 1 is 1.02 bits per heavy atom. The van der Waals surface area contributed by atoms with Crippen LogP contribution in [0.1, 0.15) is 29.3 Å². The minimum Gasteiger partial charge on any atom is -0.481 e. The molecular formula is C31H32N6O7S. The fourth-order valence-corrected chi connectivity index (χ4v) is 5.18. The smallest absolute Gasteiger partial charge is 0.407 e. The average Bonchev–Trinajstić information content (AvgIpc) is 3.64. The molecule has 0 bridgehead atoms. The van der Waals surface area contributed by atoms with E-state index in [4.69, 9.17) is 14.6 Å². The summed E-state index contributed by atoms with van der Waals surface area (Å²) >= 11 is 1.58. The number of benzene rings is 2. The number of hydrogen-bond donors (Lipinski definition) is 5. The van der Waals surface area contributed by atoms with Crippen molar-refractivity contribution in [1.82, 2.24) is 24.8 Å². The van der Waals surface area contributed by atoms with Crippen LogP contribution >= 0.6 is 11.3 Å². The maximum absolute atomic E-state index is 12.8. The number of aliphatic carboxylic acids is 2. The number of H-pyrrole nitrogens is 1. The lowest BCUT2D eigenvalue weighted by Gasteiger charge is -2.19. The highest BCUT2D eigenvalue weighted by Gasteiger charge is 2.19. The number of nitrogens with one attached hydrogen (secondary N) is 3. The van der Waals surface area contributed by atoms with E-state index in [1.54, 1.807) is 24.5 Å². The van der Waals surface area contributed by atoms with E-state index in [1.165, 1.54) is 4.57 Å². The second-order valence-electron chi connectivity index (χ2n) is 9.95. The predicted molar refractivity (Wildman–Crippen MR) is 169 cm³/mol. The van der Waals surface area contributed by atoms with Gasteiger partial charge >= 0.3 is 17.8 Å². The lowest BCUT2D eigenvalue weighted by molar-refractivity contribution is -0.137. The average molecular weight is 633 g/mol. The van der Waals surface area contributed by atoms with Crippen LogP contribution in [0.4, 0.5) is 10.6 Å². The Morgan fingerprint density at radius 2 is 1.73 bits per heavy atom. The van der Waals surface area contributed by atoms with E-state index in [0.29, 0.717) is 17.9 Å². The molecule has 5 rings (SSSR count). The van der Waals surface area contributed by atoms with Crippen LogP contribution in [-0.2, 0) is 34.0 Å². The molecule has 45 heavy (non-hydrogen) atoms. The lowest BCUT2D eigenvalue weighted by atomic mass is 10.2. The number of amides is 1. The number of ether oxygens (including phenoxy) is 1. The van der Waals surface area contributed by atoms with Gasteiger partial charge in [0.1, 0.15) is 18.2 Å². The lowest BCUT2D eigenvalue weighted by Crippen LogP contribution is -2.42. The van der Waals surface area contributed by atoms with Crippen LogP contribution < -0.4 is 16.3 Å². The van der Waals surface area contributed by atoms with Crippen LogP contribution in [0.15, 0.2) is 77.7 Å². The highest BCUT2D eigenvalue weighted by Crippen LogP contribution is 2.28. The highest BCUT2D eigenvalue weighted by molar-refractivity contribution is 7.15. The third kappa shape index (κ3) is 9.76. The van der Waals surface area contributed by atoms with Crippen molar-refractivity contribution in [2.45, 2.75) is 46.0 Å². The molecule has 3 aromatic heterocycles. The number of carbonyl (C=O) groups excluding carboxylic acids is 1. The summed E-state index contributed by atoms with van der Waals surface area (Å²) < 4.78 is 6.50. The molecular weight excluding hydrogens is 600 g/mol. The number of aryl methyl sites for hydroxylation is 1. The van der Waals surface area contributed by atoms with Crippen LogP contribution in [0.5, 0.6) is 0 Å². The molecule has 0 saturated heterocycles. The number of thiophene rings is 1.